The predicted octanol–water partition coefficient (Wildman–Crippen LogP) is 2.28. The number of rotatable bonds is 13. The highest BCUT2D eigenvalue weighted by molar-refractivity contribution is 7.92. The molecule has 2 heterocycles. The van der Waals surface area contributed by atoms with Crippen molar-refractivity contribution in [2.75, 3.05) is 16.6 Å². The number of nitrogens with zero attached hydrogens (tertiary/aromatic N) is 3. The van der Waals surface area contributed by atoms with E-state index >= 15 is 0 Å². The number of benzene rings is 2. The van der Waals surface area contributed by atoms with Crippen LogP contribution in [-0.2, 0) is 28.4 Å². The summed E-state index contributed by atoms with van der Waals surface area (Å²) in [7, 11) is -2.22. The summed E-state index contributed by atoms with van der Waals surface area (Å²) in [5.41, 5.74) is 12.9. The van der Waals surface area contributed by atoms with Gasteiger partial charge in [0, 0.05) is 24.7 Å². The van der Waals surface area contributed by atoms with Gasteiger partial charge in [-0.15, -0.1) is 11.3 Å². The van der Waals surface area contributed by atoms with Crippen molar-refractivity contribution in [2.24, 2.45) is 23.5 Å². The summed E-state index contributed by atoms with van der Waals surface area (Å²) in [6.07, 6.45) is 0.401. The minimum atomic E-state index is -4.08. The van der Waals surface area contributed by atoms with E-state index in [1.54, 1.807) is 16.8 Å². The van der Waals surface area contributed by atoms with Crippen molar-refractivity contribution in [1.29, 1.82) is 0 Å². The molecule has 1 atom stereocenters. The van der Waals surface area contributed by atoms with Crippen molar-refractivity contribution in [3.05, 3.63) is 70.5 Å². The van der Waals surface area contributed by atoms with Crippen molar-refractivity contribution in [2.45, 2.75) is 30.3 Å². The van der Waals surface area contributed by atoms with Gasteiger partial charge in [-0.25, -0.2) is 13.2 Å². The number of hydrogen-bond donors (Lipinski definition) is 6. The molecular formula is C26H30N8O5S2. The lowest BCUT2D eigenvalue weighted by Gasteiger charge is -2.15. The number of amides is 1. The largest absolute Gasteiger partial charge is 0.480 e. The fourth-order valence-electron chi connectivity index (χ4n) is 4.13. The van der Waals surface area contributed by atoms with E-state index in [4.69, 9.17) is 11.5 Å². The first kappa shape index (κ1) is 29.4. The van der Waals surface area contributed by atoms with Gasteiger partial charge >= 0.3 is 5.97 Å². The Kier molecular flexibility index (Phi) is 9.09. The molecule has 0 aliphatic carbocycles. The smallest absolute Gasteiger partial charge is 0.326 e. The third kappa shape index (κ3) is 7.32. The number of hydrogen-bond acceptors (Lipinski definition) is 8. The Morgan fingerprint density at radius 2 is 1.93 bits per heavy atom. The second-order valence-electron chi connectivity index (χ2n) is 9.05. The predicted molar refractivity (Wildman–Crippen MR) is 158 cm³/mol. The molecule has 41 heavy (non-hydrogen) atoms. The maximum Gasteiger partial charge on any atom is 0.326 e. The average Bonchev–Trinajstić information content (AvgIpc) is 3.52. The molecule has 2 aromatic heterocycles. The molecule has 0 saturated carbocycles. The molecule has 15 heteroatoms. The van der Waals surface area contributed by atoms with Crippen molar-refractivity contribution < 1.29 is 23.1 Å². The maximum atomic E-state index is 13.2. The molecule has 4 aromatic rings. The molecular weight excluding hydrogens is 568 g/mol. The molecule has 8 N–H and O–H groups in total. The van der Waals surface area contributed by atoms with Crippen LogP contribution >= 0.6 is 11.3 Å². The number of thiophene rings is 1. The number of nitrogens with one attached hydrogen (secondary N) is 3. The standard InChI is InChI=1S/C26H30N8O5S2/c1-34-22-10-3-2-8-18(22)21(32-34)15-30-16-6-4-7-17(14-16)41(38,39)33-19-11-13-40-23(19)24(35)31-20(25(36)37)9-5-12-29-26(27)28/h2-4,6-8,10-11,13-14,20,30,33H,5,9,12,15H2,1H3,(H,31,35)(H,36,37)(H4,27,28,29)/t20-/m0/s1. The van der Waals surface area contributed by atoms with Crippen molar-refractivity contribution in [1.82, 2.24) is 15.1 Å². The molecule has 13 nitrogen and oxygen atoms in total. The van der Waals surface area contributed by atoms with Crippen LogP contribution in [0.2, 0.25) is 0 Å². The van der Waals surface area contributed by atoms with Gasteiger partial charge in [-0.2, -0.15) is 5.10 Å². The van der Waals surface area contributed by atoms with Gasteiger partial charge in [0.15, 0.2) is 5.96 Å². The highest BCUT2D eigenvalue weighted by Gasteiger charge is 2.25. The quantitative estimate of drug-likeness (QED) is 0.0757. The number of nitrogens with two attached hydrogens (primary N) is 2. The van der Waals surface area contributed by atoms with Gasteiger partial charge in [0.1, 0.15) is 10.9 Å². The summed E-state index contributed by atoms with van der Waals surface area (Å²) in [5, 5.41) is 22.2. The maximum absolute atomic E-state index is 13.2. The summed E-state index contributed by atoms with van der Waals surface area (Å²) in [6.45, 7) is 0.586. The zero-order valence-electron chi connectivity index (χ0n) is 22.1. The number of guanidine groups is 1. The van der Waals surface area contributed by atoms with Gasteiger partial charge in [0.25, 0.3) is 15.9 Å². The topological polar surface area (TPSA) is 207 Å². The zero-order chi connectivity index (χ0) is 29.6. The molecule has 216 valence electrons. The van der Waals surface area contributed by atoms with Crippen LogP contribution in [0, 0.1) is 0 Å². The summed E-state index contributed by atoms with van der Waals surface area (Å²) < 4.78 is 30.7. The van der Waals surface area contributed by atoms with Crippen LogP contribution in [0.5, 0.6) is 0 Å². The van der Waals surface area contributed by atoms with E-state index in [-0.39, 0.29) is 34.4 Å². The molecule has 1 amide bonds. The number of aliphatic imine (C=N–C) groups is 1. The molecule has 2 aromatic carbocycles. The lowest BCUT2D eigenvalue weighted by atomic mass is 10.1. The zero-order valence-corrected chi connectivity index (χ0v) is 23.7. The van der Waals surface area contributed by atoms with Gasteiger partial charge in [0.2, 0.25) is 0 Å². The van der Waals surface area contributed by atoms with Gasteiger partial charge in [0.05, 0.1) is 28.3 Å². The normalized spacial score (nSPS) is 12.0. The average molecular weight is 599 g/mol. The molecule has 0 bridgehead atoms. The second-order valence-corrected chi connectivity index (χ2v) is 11.6. The van der Waals surface area contributed by atoms with Crippen molar-refractivity contribution in [3.8, 4) is 0 Å². The second kappa shape index (κ2) is 12.7. The van der Waals surface area contributed by atoms with Gasteiger partial charge in [-0.1, -0.05) is 24.3 Å². The highest BCUT2D eigenvalue weighted by Crippen LogP contribution is 2.27. The number of carbonyl (C=O) groups excluding carboxylic acids is 1. The molecule has 0 radical (unpaired) electrons. The van der Waals surface area contributed by atoms with Gasteiger partial charge < -0.3 is 27.2 Å². The van der Waals surface area contributed by atoms with Crippen molar-refractivity contribution in [3.63, 3.8) is 0 Å². The molecule has 0 aliphatic rings. The monoisotopic (exact) mass is 598 g/mol. The third-order valence-corrected chi connectivity index (χ3v) is 8.38. The summed E-state index contributed by atoms with van der Waals surface area (Å²) >= 11 is 0.983. The molecule has 4 rings (SSSR count). The van der Waals surface area contributed by atoms with E-state index in [0.29, 0.717) is 18.7 Å². The van der Waals surface area contributed by atoms with Gasteiger partial charge in [-0.05, 0) is 48.6 Å². The number of aliphatic carboxylic acids is 1. The number of sulfonamides is 1. The Morgan fingerprint density at radius 1 is 1.15 bits per heavy atom. The van der Waals surface area contributed by atoms with Crippen LogP contribution in [0.25, 0.3) is 10.9 Å². The van der Waals surface area contributed by atoms with Crippen LogP contribution in [0.15, 0.2) is 69.9 Å². The Bertz CT molecular complexity index is 1690. The SMILES string of the molecule is Cn1nc(CNc2cccc(S(=O)(=O)Nc3ccsc3C(=O)N[C@@H](CCCN=C(N)N)C(=O)O)c2)c2ccccc21. The minimum absolute atomic E-state index is 0.0194. The minimum Gasteiger partial charge on any atom is -0.480 e. The molecule has 0 saturated heterocycles. The van der Waals surface area contributed by atoms with E-state index < -0.39 is 27.9 Å². The first-order valence-electron chi connectivity index (χ1n) is 12.5. The number of aromatic nitrogens is 2. The Morgan fingerprint density at radius 3 is 2.68 bits per heavy atom. The van der Waals surface area contributed by atoms with Crippen LogP contribution in [0.3, 0.4) is 0 Å². The molecule has 0 fully saturated rings. The van der Waals surface area contributed by atoms with Crippen LogP contribution < -0.4 is 26.8 Å². The fraction of sp³-hybridized carbons (Fsp3) is 0.231. The lowest BCUT2D eigenvalue weighted by Crippen LogP contribution is -2.40. The summed E-state index contributed by atoms with van der Waals surface area (Å²) in [5.74, 6) is -2.06. The number of aryl methyl sites for hydroxylation is 1. The van der Waals surface area contributed by atoms with Crippen LogP contribution in [0.4, 0.5) is 11.4 Å². The molecule has 0 spiro atoms. The van der Waals surface area contributed by atoms with E-state index in [1.165, 1.54) is 23.6 Å². The summed E-state index contributed by atoms with van der Waals surface area (Å²) in [6, 6.07) is 14.3. The first-order valence-corrected chi connectivity index (χ1v) is 14.9. The Labute approximate surface area is 240 Å². The number of carboxylic acid groups (broad SMARTS) is 1. The van der Waals surface area contributed by atoms with E-state index in [9.17, 15) is 23.1 Å². The number of carbonyl (C=O) groups is 2. The third-order valence-electron chi connectivity index (χ3n) is 6.10. The lowest BCUT2D eigenvalue weighted by molar-refractivity contribution is -0.139. The highest BCUT2D eigenvalue weighted by atomic mass is 32.2. The first-order chi connectivity index (χ1) is 19.5. The Hall–Kier alpha value is -4.63. The molecule has 0 aliphatic heterocycles. The number of anilines is 2. The van der Waals surface area contributed by atoms with Crippen LogP contribution in [0.1, 0.15) is 28.2 Å². The molecule has 0 unspecified atom stereocenters. The number of para-hydroxylation sites is 1. The van der Waals surface area contributed by atoms with E-state index in [1.807, 2.05) is 31.3 Å². The van der Waals surface area contributed by atoms with Gasteiger partial charge in [-0.3, -0.25) is 19.2 Å². The van der Waals surface area contributed by atoms with Crippen molar-refractivity contribution >= 4 is 61.5 Å². The fourth-order valence-corrected chi connectivity index (χ4v) is 6.07. The van der Waals surface area contributed by atoms with E-state index in [2.05, 4.69) is 25.4 Å². The number of fused-ring (bicyclic) bond motifs is 1. The van der Waals surface area contributed by atoms with Crippen LogP contribution in [-0.4, -0.2) is 53.7 Å². The summed E-state index contributed by atoms with van der Waals surface area (Å²) in [4.78, 5) is 28.3. The van der Waals surface area contributed by atoms with E-state index in [0.717, 1.165) is 27.9 Å². The Balaban J connectivity index is 1.43. The number of carboxylic acids is 1.